The van der Waals surface area contributed by atoms with E-state index in [0.29, 0.717) is 6.42 Å². The van der Waals surface area contributed by atoms with Crippen LogP contribution in [0.4, 0.5) is 0 Å². The van der Waals surface area contributed by atoms with Gasteiger partial charge in [0.1, 0.15) is 0 Å². The van der Waals surface area contributed by atoms with Gasteiger partial charge in [0.2, 0.25) is 0 Å². The van der Waals surface area contributed by atoms with E-state index in [2.05, 4.69) is 23.7 Å². The first-order valence-electron chi connectivity index (χ1n) is 4.08. The summed E-state index contributed by atoms with van der Waals surface area (Å²) in [7, 11) is 0. The zero-order valence-electron chi connectivity index (χ0n) is 7.59. The van der Waals surface area contributed by atoms with Crippen LogP contribution in [0.15, 0.2) is 12.2 Å². The molecule has 1 unspecified atom stereocenters. The molecule has 0 aliphatic carbocycles. The van der Waals surface area contributed by atoms with E-state index in [-0.39, 0.29) is 6.10 Å². The lowest BCUT2D eigenvalue weighted by Gasteiger charge is -1.98. The highest BCUT2D eigenvalue weighted by Crippen LogP contribution is 1.92. The monoisotopic (exact) mass is 162 g/mol. The molecule has 1 heteroatoms. The molecular weight excluding hydrogens is 148 g/mol. The van der Waals surface area contributed by atoms with Crippen LogP contribution in [0.25, 0.3) is 0 Å². The molecule has 1 nitrogen and oxygen atoms in total. The van der Waals surface area contributed by atoms with Crippen molar-refractivity contribution in [2.45, 2.75) is 32.8 Å². The lowest BCUT2D eigenvalue weighted by Crippen LogP contribution is -2.01. The Kier molecular flexibility index (Phi) is 7.14. The molecule has 0 fully saturated rings. The van der Waals surface area contributed by atoms with Crippen LogP contribution in [0.5, 0.6) is 0 Å². The van der Waals surface area contributed by atoms with E-state index in [0.717, 1.165) is 6.42 Å². The zero-order valence-corrected chi connectivity index (χ0v) is 7.59. The summed E-state index contributed by atoms with van der Waals surface area (Å²) in [5.41, 5.74) is 0. The third kappa shape index (κ3) is 6.93. The Morgan fingerprint density at radius 3 is 2.75 bits per heavy atom. The van der Waals surface area contributed by atoms with Crippen LogP contribution in [-0.2, 0) is 0 Å². The number of aliphatic hydroxyl groups is 1. The van der Waals surface area contributed by atoms with Crippen LogP contribution in [0.2, 0.25) is 0 Å². The van der Waals surface area contributed by atoms with Crippen molar-refractivity contribution in [3.05, 3.63) is 12.2 Å². The maximum atomic E-state index is 9.10. The number of rotatable bonds is 2. The first kappa shape index (κ1) is 10.8. The molecule has 0 aromatic carbocycles. The second-order valence-electron chi connectivity index (χ2n) is 2.34. The Morgan fingerprint density at radius 1 is 1.42 bits per heavy atom. The van der Waals surface area contributed by atoms with E-state index < -0.39 is 0 Å². The summed E-state index contributed by atoms with van der Waals surface area (Å²) in [5.74, 6) is 10.8. The van der Waals surface area contributed by atoms with E-state index in [4.69, 9.17) is 5.11 Å². The minimum absolute atomic E-state index is 0.305. The zero-order chi connectivity index (χ0) is 9.23. The van der Waals surface area contributed by atoms with Crippen molar-refractivity contribution in [3.63, 3.8) is 0 Å². The molecule has 64 valence electrons. The van der Waals surface area contributed by atoms with Crippen molar-refractivity contribution in [3.8, 4) is 23.7 Å². The number of aliphatic hydroxyl groups excluding tert-OH is 1. The Hall–Kier alpha value is -1.18. The molecular formula is C11H14O. The Balaban J connectivity index is 3.69. The fraction of sp³-hybridized carbons (Fsp3) is 0.455. The number of hydrogen-bond acceptors (Lipinski definition) is 1. The fourth-order valence-electron chi connectivity index (χ4n) is 0.518. The van der Waals surface area contributed by atoms with E-state index >= 15 is 0 Å². The molecule has 1 N–H and O–H groups in total. The standard InChI is InChI=1S/C11H14O/c1-3-5-6-7-8-9-10-11(12)4-2/h3,5,11-12H,4,10H2,1-2H3/b5-3+. The van der Waals surface area contributed by atoms with E-state index in [1.54, 1.807) is 6.08 Å². The summed E-state index contributed by atoms with van der Waals surface area (Å²) in [6.45, 7) is 3.83. The molecule has 0 aliphatic heterocycles. The van der Waals surface area contributed by atoms with Gasteiger partial charge >= 0.3 is 0 Å². The fourth-order valence-corrected chi connectivity index (χ4v) is 0.518. The molecule has 0 aromatic rings. The largest absolute Gasteiger partial charge is 0.392 e. The van der Waals surface area contributed by atoms with Crippen LogP contribution in [0, 0.1) is 23.7 Å². The summed E-state index contributed by atoms with van der Waals surface area (Å²) in [5, 5.41) is 9.10. The van der Waals surface area contributed by atoms with Crippen molar-refractivity contribution in [2.24, 2.45) is 0 Å². The third-order valence-electron chi connectivity index (χ3n) is 1.28. The van der Waals surface area contributed by atoms with Gasteiger partial charge in [0.25, 0.3) is 0 Å². The van der Waals surface area contributed by atoms with Crippen LogP contribution < -0.4 is 0 Å². The van der Waals surface area contributed by atoms with Gasteiger partial charge in [0.05, 0.1) is 6.10 Å². The molecule has 0 aliphatic rings. The molecule has 0 amide bonds. The molecule has 0 spiro atoms. The summed E-state index contributed by atoms with van der Waals surface area (Å²) < 4.78 is 0. The molecule has 0 aromatic heterocycles. The SMILES string of the molecule is C/C=C/C#CC#CCC(O)CC. The molecule has 12 heavy (non-hydrogen) atoms. The molecule has 0 radical (unpaired) electrons. The van der Waals surface area contributed by atoms with Gasteiger partial charge in [0, 0.05) is 6.42 Å². The van der Waals surface area contributed by atoms with Gasteiger partial charge in [-0.2, -0.15) is 0 Å². The highest BCUT2D eigenvalue weighted by Gasteiger charge is 1.93. The minimum Gasteiger partial charge on any atom is -0.392 e. The van der Waals surface area contributed by atoms with Crippen molar-refractivity contribution >= 4 is 0 Å². The Morgan fingerprint density at radius 2 is 2.17 bits per heavy atom. The molecule has 0 bridgehead atoms. The van der Waals surface area contributed by atoms with Gasteiger partial charge in [-0.3, -0.25) is 0 Å². The van der Waals surface area contributed by atoms with Gasteiger partial charge in [0.15, 0.2) is 0 Å². The predicted molar refractivity (Wildman–Crippen MR) is 51.3 cm³/mol. The number of hydrogen-bond donors (Lipinski definition) is 1. The van der Waals surface area contributed by atoms with Crippen molar-refractivity contribution in [1.29, 1.82) is 0 Å². The second-order valence-corrected chi connectivity index (χ2v) is 2.34. The smallest absolute Gasteiger partial charge is 0.0647 e. The predicted octanol–water partition coefficient (Wildman–Crippen LogP) is 1.73. The molecule has 0 rings (SSSR count). The highest BCUT2D eigenvalue weighted by atomic mass is 16.3. The van der Waals surface area contributed by atoms with E-state index in [1.807, 2.05) is 19.9 Å². The third-order valence-corrected chi connectivity index (χ3v) is 1.28. The van der Waals surface area contributed by atoms with Crippen LogP contribution in [-0.4, -0.2) is 11.2 Å². The maximum absolute atomic E-state index is 9.10. The first-order valence-corrected chi connectivity index (χ1v) is 4.08. The summed E-state index contributed by atoms with van der Waals surface area (Å²) in [6, 6.07) is 0. The Labute approximate surface area is 74.5 Å². The van der Waals surface area contributed by atoms with Gasteiger partial charge in [-0.15, -0.1) is 0 Å². The Bertz CT molecular complexity index is 242. The maximum Gasteiger partial charge on any atom is 0.0647 e. The second kappa shape index (κ2) is 7.92. The van der Waals surface area contributed by atoms with Crippen LogP contribution >= 0.6 is 0 Å². The summed E-state index contributed by atoms with van der Waals surface area (Å²) >= 11 is 0. The first-order chi connectivity index (χ1) is 5.81. The topological polar surface area (TPSA) is 20.2 Å². The molecule has 0 saturated heterocycles. The molecule has 0 saturated carbocycles. The lowest BCUT2D eigenvalue weighted by molar-refractivity contribution is 0.176. The van der Waals surface area contributed by atoms with Gasteiger partial charge in [-0.05, 0) is 31.3 Å². The van der Waals surface area contributed by atoms with Gasteiger partial charge in [-0.25, -0.2) is 0 Å². The average Bonchev–Trinajstić information content (AvgIpc) is 2.10. The number of allylic oxidation sites excluding steroid dienone is 2. The average molecular weight is 162 g/mol. The minimum atomic E-state index is -0.305. The van der Waals surface area contributed by atoms with Crippen molar-refractivity contribution in [2.75, 3.05) is 0 Å². The van der Waals surface area contributed by atoms with Crippen LogP contribution in [0.3, 0.4) is 0 Å². The quantitative estimate of drug-likeness (QED) is 0.613. The molecule has 1 atom stereocenters. The van der Waals surface area contributed by atoms with E-state index in [9.17, 15) is 0 Å². The van der Waals surface area contributed by atoms with Crippen molar-refractivity contribution in [1.82, 2.24) is 0 Å². The highest BCUT2D eigenvalue weighted by molar-refractivity contribution is 5.30. The van der Waals surface area contributed by atoms with Crippen molar-refractivity contribution < 1.29 is 5.11 Å². The van der Waals surface area contributed by atoms with Crippen LogP contribution in [0.1, 0.15) is 26.7 Å². The van der Waals surface area contributed by atoms with Gasteiger partial charge in [-0.1, -0.05) is 24.8 Å². The van der Waals surface area contributed by atoms with E-state index in [1.165, 1.54) is 0 Å². The normalized spacial score (nSPS) is 11.2. The van der Waals surface area contributed by atoms with Gasteiger partial charge < -0.3 is 5.11 Å². The lowest BCUT2D eigenvalue weighted by atomic mass is 10.2. The summed E-state index contributed by atoms with van der Waals surface area (Å²) in [6.07, 6.45) is 4.55. The summed E-state index contributed by atoms with van der Waals surface area (Å²) in [4.78, 5) is 0. The molecule has 0 heterocycles.